The molecule has 0 unspecified atom stereocenters. The summed E-state index contributed by atoms with van der Waals surface area (Å²) in [7, 11) is 0. The van der Waals surface area contributed by atoms with Gasteiger partial charge in [-0.1, -0.05) is 18.2 Å². The Morgan fingerprint density at radius 1 is 0.893 bits per heavy atom. The Hall–Kier alpha value is -2.33. The molecule has 1 N–H and O–H groups in total. The highest BCUT2D eigenvalue weighted by molar-refractivity contribution is 5.94. The zero-order valence-electron chi connectivity index (χ0n) is 17.0. The van der Waals surface area contributed by atoms with Crippen LogP contribution in [-0.4, -0.2) is 42.0 Å². The number of amides is 1. The minimum absolute atomic E-state index is 0.114. The lowest BCUT2D eigenvalue weighted by Crippen LogP contribution is -2.46. The van der Waals surface area contributed by atoms with E-state index in [9.17, 15) is 4.79 Å². The van der Waals surface area contributed by atoms with E-state index in [-0.39, 0.29) is 5.91 Å². The van der Waals surface area contributed by atoms with Gasteiger partial charge in [-0.3, -0.25) is 4.79 Å². The van der Waals surface area contributed by atoms with E-state index in [0.29, 0.717) is 18.1 Å². The quantitative estimate of drug-likeness (QED) is 0.800. The number of hydrogen-bond donors (Lipinski definition) is 1. The maximum Gasteiger partial charge on any atom is 0.253 e. The van der Waals surface area contributed by atoms with Gasteiger partial charge in [0, 0.05) is 48.2 Å². The maximum atomic E-state index is 12.7. The van der Waals surface area contributed by atoms with Crippen molar-refractivity contribution in [1.82, 2.24) is 10.2 Å². The molecular weight excluding hydrogens is 346 g/mol. The average Bonchev–Trinajstić information content (AvgIpc) is 3.08. The number of fused-ring (bicyclic) bond motifs is 2. The van der Waals surface area contributed by atoms with Crippen molar-refractivity contribution in [2.45, 2.75) is 57.7 Å². The maximum absolute atomic E-state index is 12.7. The van der Waals surface area contributed by atoms with Crippen LogP contribution in [0, 0.1) is 0 Å². The van der Waals surface area contributed by atoms with Crippen LogP contribution in [0.3, 0.4) is 0 Å². The van der Waals surface area contributed by atoms with E-state index in [1.165, 1.54) is 37.1 Å². The monoisotopic (exact) mass is 377 g/mol. The van der Waals surface area contributed by atoms with Crippen LogP contribution in [0.2, 0.25) is 0 Å². The molecule has 0 saturated carbocycles. The second-order valence-electron chi connectivity index (χ2n) is 7.99. The zero-order chi connectivity index (χ0) is 19.5. The zero-order valence-corrected chi connectivity index (χ0v) is 17.0. The normalized spacial score (nSPS) is 23.4. The van der Waals surface area contributed by atoms with Crippen molar-refractivity contribution >= 4 is 17.3 Å². The number of nitrogens with one attached hydrogen (secondary N) is 1. The Kier molecular flexibility index (Phi) is 5.67. The molecule has 4 rings (SSSR count). The molecule has 2 aliphatic heterocycles. The lowest BCUT2D eigenvalue weighted by Gasteiger charge is -2.39. The van der Waals surface area contributed by atoms with Crippen molar-refractivity contribution in [3.63, 3.8) is 0 Å². The molecule has 1 amide bonds. The second kappa shape index (κ2) is 8.36. The summed E-state index contributed by atoms with van der Waals surface area (Å²) < 4.78 is 0. The Balaban J connectivity index is 1.62. The highest BCUT2D eigenvalue weighted by atomic mass is 16.2. The third-order valence-corrected chi connectivity index (χ3v) is 6.29. The topological polar surface area (TPSA) is 35.6 Å². The van der Waals surface area contributed by atoms with E-state index < -0.39 is 0 Å². The first-order valence-electron chi connectivity index (χ1n) is 10.7. The lowest BCUT2D eigenvalue weighted by atomic mass is 9.96. The smallest absolute Gasteiger partial charge is 0.253 e. The molecule has 2 aromatic rings. The third kappa shape index (κ3) is 3.79. The fourth-order valence-corrected chi connectivity index (χ4v) is 4.86. The average molecular weight is 378 g/mol. The number of carbonyl (C=O) groups is 1. The van der Waals surface area contributed by atoms with Gasteiger partial charge in [0.15, 0.2) is 0 Å². The first-order valence-corrected chi connectivity index (χ1v) is 10.7. The summed E-state index contributed by atoms with van der Waals surface area (Å²) in [6.07, 6.45) is 4.93. The highest BCUT2D eigenvalue weighted by Crippen LogP contribution is 2.37. The molecule has 0 radical (unpaired) electrons. The molecule has 2 saturated heterocycles. The Bertz CT molecular complexity index is 773. The van der Waals surface area contributed by atoms with Gasteiger partial charge >= 0.3 is 0 Å². The Labute approximate surface area is 168 Å². The van der Waals surface area contributed by atoms with E-state index >= 15 is 0 Å². The molecule has 2 heterocycles. The van der Waals surface area contributed by atoms with Gasteiger partial charge in [0.1, 0.15) is 0 Å². The van der Waals surface area contributed by atoms with Crippen LogP contribution in [-0.2, 0) is 0 Å². The molecular formula is C24H31N3O. The van der Waals surface area contributed by atoms with E-state index in [1.807, 2.05) is 30.9 Å². The third-order valence-electron chi connectivity index (χ3n) is 6.29. The lowest BCUT2D eigenvalue weighted by molar-refractivity contribution is 0.0773. The summed E-state index contributed by atoms with van der Waals surface area (Å²) in [6, 6.07) is 20.6. The van der Waals surface area contributed by atoms with Crippen LogP contribution in [0.4, 0.5) is 11.4 Å². The Morgan fingerprint density at radius 3 is 2.04 bits per heavy atom. The molecule has 2 aromatic carbocycles. The van der Waals surface area contributed by atoms with Crippen molar-refractivity contribution in [3.8, 4) is 0 Å². The summed E-state index contributed by atoms with van der Waals surface area (Å²) in [5.74, 6) is 0.114. The fourth-order valence-electron chi connectivity index (χ4n) is 4.86. The van der Waals surface area contributed by atoms with Gasteiger partial charge < -0.3 is 15.1 Å². The van der Waals surface area contributed by atoms with Crippen LogP contribution in [0.25, 0.3) is 0 Å². The predicted octanol–water partition coefficient (Wildman–Crippen LogP) is 4.59. The van der Waals surface area contributed by atoms with Crippen molar-refractivity contribution in [3.05, 3.63) is 60.2 Å². The number of nitrogens with zero attached hydrogens (tertiary/aromatic N) is 2. The predicted molar refractivity (Wildman–Crippen MR) is 115 cm³/mol. The number of benzene rings is 2. The van der Waals surface area contributed by atoms with Crippen LogP contribution in [0.1, 0.15) is 49.9 Å². The molecule has 0 aromatic heterocycles. The van der Waals surface area contributed by atoms with E-state index in [2.05, 4.69) is 52.7 Å². The molecule has 4 heteroatoms. The first-order chi connectivity index (χ1) is 13.7. The second-order valence-corrected chi connectivity index (χ2v) is 7.99. The number of para-hydroxylation sites is 1. The van der Waals surface area contributed by atoms with Gasteiger partial charge in [0.25, 0.3) is 5.91 Å². The van der Waals surface area contributed by atoms with E-state index in [1.54, 1.807) is 0 Å². The number of piperidine rings is 1. The van der Waals surface area contributed by atoms with Crippen LogP contribution in [0.15, 0.2) is 54.6 Å². The van der Waals surface area contributed by atoms with Crippen molar-refractivity contribution in [1.29, 1.82) is 0 Å². The van der Waals surface area contributed by atoms with Crippen molar-refractivity contribution in [2.75, 3.05) is 18.0 Å². The number of anilines is 2. The summed E-state index contributed by atoms with van der Waals surface area (Å²) >= 11 is 0. The summed E-state index contributed by atoms with van der Waals surface area (Å²) in [5.41, 5.74) is 3.18. The van der Waals surface area contributed by atoms with E-state index in [4.69, 9.17) is 0 Å². The van der Waals surface area contributed by atoms with E-state index in [0.717, 1.165) is 18.7 Å². The Morgan fingerprint density at radius 2 is 1.46 bits per heavy atom. The van der Waals surface area contributed by atoms with Gasteiger partial charge in [0.2, 0.25) is 0 Å². The molecule has 2 aliphatic rings. The van der Waals surface area contributed by atoms with Crippen molar-refractivity contribution < 1.29 is 4.79 Å². The summed E-state index contributed by atoms with van der Waals surface area (Å²) in [4.78, 5) is 17.0. The molecule has 2 bridgehead atoms. The van der Waals surface area contributed by atoms with Crippen molar-refractivity contribution in [2.24, 2.45) is 0 Å². The van der Waals surface area contributed by atoms with Gasteiger partial charge in [-0.05, 0) is 75.9 Å². The molecule has 3 atom stereocenters. The summed E-state index contributed by atoms with van der Waals surface area (Å²) in [5, 5.41) is 3.75. The fraction of sp³-hybridized carbons (Fsp3) is 0.458. The minimum Gasteiger partial charge on any atom is -0.339 e. The van der Waals surface area contributed by atoms with Crippen LogP contribution in [0.5, 0.6) is 0 Å². The largest absolute Gasteiger partial charge is 0.339 e. The first kappa shape index (κ1) is 19.0. The number of rotatable bonds is 6. The van der Waals surface area contributed by atoms with Gasteiger partial charge in [-0.2, -0.15) is 0 Å². The van der Waals surface area contributed by atoms with Gasteiger partial charge in [-0.25, -0.2) is 0 Å². The number of carbonyl (C=O) groups excluding carboxylic acids is 1. The molecule has 2 fully saturated rings. The molecule has 0 aliphatic carbocycles. The number of hydrogen-bond acceptors (Lipinski definition) is 3. The minimum atomic E-state index is 0.114. The molecule has 4 nitrogen and oxygen atoms in total. The molecule has 28 heavy (non-hydrogen) atoms. The standard InChI is InChI=1S/C24H31N3O/c1-3-26(4-2)24(28)18-10-14-22(15-11-18)27(21-8-6-5-7-9-21)23-16-19-12-13-20(17-23)25-19/h5-11,14-15,19-20,23,25H,3-4,12-13,16-17H2,1-2H3/t19-,20+,23+. The molecule has 0 spiro atoms. The highest BCUT2D eigenvalue weighted by Gasteiger charge is 2.36. The van der Waals surface area contributed by atoms with Gasteiger partial charge in [-0.15, -0.1) is 0 Å². The summed E-state index contributed by atoms with van der Waals surface area (Å²) in [6.45, 7) is 5.53. The van der Waals surface area contributed by atoms with Crippen LogP contribution >= 0.6 is 0 Å². The van der Waals surface area contributed by atoms with Crippen LogP contribution < -0.4 is 10.2 Å². The molecule has 148 valence electrons. The van der Waals surface area contributed by atoms with Gasteiger partial charge in [0.05, 0.1) is 0 Å². The SMILES string of the molecule is CCN(CC)C(=O)c1ccc(N(c2ccccc2)[C@H]2C[C@H]3CC[C@@H](C2)N3)cc1.